The third-order valence-corrected chi connectivity index (χ3v) is 4.15. The Kier molecular flexibility index (Phi) is 6.28. The van der Waals surface area contributed by atoms with Crippen LogP contribution in [0.4, 0.5) is 5.69 Å². The van der Waals surface area contributed by atoms with Crippen LogP contribution in [-0.2, 0) is 11.3 Å². The third kappa shape index (κ3) is 3.89. The van der Waals surface area contributed by atoms with Gasteiger partial charge in [-0.05, 0) is 43.7 Å². The van der Waals surface area contributed by atoms with Crippen molar-refractivity contribution in [2.45, 2.75) is 20.4 Å². The van der Waals surface area contributed by atoms with Gasteiger partial charge in [0.2, 0.25) is 0 Å². The SMILES string of the molecule is CCOC(=O)c1cnc2c(C)c(Cl)ccc2c1NCc1ccco1.Cl. The minimum atomic E-state index is -0.415. The summed E-state index contributed by atoms with van der Waals surface area (Å²) < 4.78 is 10.5. The standard InChI is InChI=1S/C18H17ClN2O3.ClH/c1-3-23-18(22)14-10-21-16-11(2)15(19)7-6-13(16)17(14)20-9-12-5-4-8-24-12;/h4-8,10H,3,9H2,1-2H3,(H,20,21);1H. The summed E-state index contributed by atoms with van der Waals surface area (Å²) in [5.41, 5.74) is 2.66. The quantitative estimate of drug-likeness (QED) is 0.630. The number of carbonyl (C=O) groups is 1. The first-order valence-corrected chi connectivity index (χ1v) is 8.00. The van der Waals surface area contributed by atoms with E-state index in [2.05, 4.69) is 10.3 Å². The van der Waals surface area contributed by atoms with E-state index in [-0.39, 0.29) is 12.4 Å². The van der Waals surface area contributed by atoms with Gasteiger partial charge in [-0.2, -0.15) is 0 Å². The van der Waals surface area contributed by atoms with E-state index in [1.807, 2.05) is 25.1 Å². The Labute approximate surface area is 156 Å². The predicted octanol–water partition coefficient (Wildman–Crippen LogP) is 5.00. The Bertz CT molecular complexity index is 880. The van der Waals surface area contributed by atoms with Crippen LogP contribution in [0.1, 0.15) is 28.6 Å². The molecule has 0 aliphatic heterocycles. The molecule has 1 aromatic carbocycles. The molecule has 1 N–H and O–H groups in total. The van der Waals surface area contributed by atoms with Crippen LogP contribution < -0.4 is 5.32 Å². The van der Waals surface area contributed by atoms with Crippen molar-refractivity contribution < 1.29 is 13.9 Å². The molecule has 0 saturated heterocycles. The highest BCUT2D eigenvalue weighted by Crippen LogP contribution is 2.32. The Hall–Kier alpha value is -2.24. The van der Waals surface area contributed by atoms with Crippen LogP contribution in [0, 0.1) is 6.92 Å². The number of carbonyl (C=O) groups excluding carboxylic acids is 1. The van der Waals surface area contributed by atoms with Gasteiger partial charge in [0.15, 0.2) is 0 Å². The Morgan fingerprint density at radius 1 is 1.36 bits per heavy atom. The fraction of sp³-hybridized carbons (Fsp3) is 0.222. The molecule has 25 heavy (non-hydrogen) atoms. The number of halogens is 2. The summed E-state index contributed by atoms with van der Waals surface area (Å²) in [7, 11) is 0. The molecule has 7 heteroatoms. The highest BCUT2D eigenvalue weighted by atomic mass is 35.5. The van der Waals surface area contributed by atoms with Gasteiger partial charge in [-0.15, -0.1) is 12.4 Å². The first-order chi connectivity index (χ1) is 11.6. The molecule has 0 radical (unpaired) electrons. The number of rotatable bonds is 5. The second-order valence-electron chi connectivity index (χ2n) is 5.27. The number of furan rings is 1. The summed E-state index contributed by atoms with van der Waals surface area (Å²) in [5, 5.41) is 4.72. The molecule has 0 spiro atoms. The Morgan fingerprint density at radius 2 is 2.16 bits per heavy atom. The topological polar surface area (TPSA) is 64.4 Å². The molecular weight excluding hydrogens is 363 g/mol. The molecule has 2 heterocycles. The van der Waals surface area contributed by atoms with Gasteiger partial charge >= 0.3 is 5.97 Å². The number of hydrogen-bond donors (Lipinski definition) is 1. The summed E-state index contributed by atoms with van der Waals surface area (Å²) in [5.74, 6) is 0.349. The maximum Gasteiger partial charge on any atom is 0.341 e. The number of nitrogens with zero attached hydrogens (tertiary/aromatic N) is 1. The summed E-state index contributed by atoms with van der Waals surface area (Å²) in [6.45, 7) is 4.42. The van der Waals surface area contributed by atoms with Crippen molar-refractivity contribution in [1.82, 2.24) is 4.98 Å². The minimum absolute atomic E-state index is 0. The number of fused-ring (bicyclic) bond motifs is 1. The average molecular weight is 381 g/mol. The van der Waals surface area contributed by atoms with Gasteiger partial charge in [-0.25, -0.2) is 4.79 Å². The monoisotopic (exact) mass is 380 g/mol. The van der Waals surface area contributed by atoms with Crippen LogP contribution in [0.15, 0.2) is 41.1 Å². The van der Waals surface area contributed by atoms with Gasteiger partial charge in [0.1, 0.15) is 11.3 Å². The van der Waals surface area contributed by atoms with E-state index in [0.717, 1.165) is 22.2 Å². The van der Waals surface area contributed by atoms with Crippen molar-refractivity contribution in [3.8, 4) is 0 Å². The Balaban J connectivity index is 0.00000225. The summed E-state index contributed by atoms with van der Waals surface area (Å²) in [4.78, 5) is 16.7. The molecule has 3 rings (SSSR count). The van der Waals surface area contributed by atoms with E-state index in [1.165, 1.54) is 6.20 Å². The summed E-state index contributed by atoms with van der Waals surface area (Å²) in [6, 6.07) is 7.33. The number of aromatic nitrogens is 1. The number of benzene rings is 1. The van der Waals surface area contributed by atoms with Gasteiger partial charge < -0.3 is 14.5 Å². The van der Waals surface area contributed by atoms with Crippen LogP contribution >= 0.6 is 24.0 Å². The zero-order valence-electron chi connectivity index (χ0n) is 13.8. The number of anilines is 1. The second-order valence-corrected chi connectivity index (χ2v) is 5.68. The molecule has 132 valence electrons. The van der Waals surface area contributed by atoms with Crippen molar-refractivity contribution in [1.29, 1.82) is 0 Å². The molecule has 2 aromatic heterocycles. The fourth-order valence-corrected chi connectivity index (χ4v) is 2.68. The van der Waals surface area contributed by atoms with Gasteiger partial charge in [0.25, 0.3) is 0 Å². The molecule has 0 unspecified atom stereocenters. The lowest BCUT2D eigenvalue weighted by molar-refractivity contribution is 0.0527. The van der Waals surface area contributed by atoms with Gasteiger partial charge in [0.05, 0.1) is 30.6 Å². The highest BCUT2D eigenvalue weighted by Gasteiger charge is 2.18. The van der Waals surface area contributed by atoms with E-state index in [9.17, 15) is 4.79 Å². The molecular formula is C18H18Cl2N2O3. The number of ether oxygens (including phenoxy) is 1. The molecule has 0 aliphatic carbocycles. The molecule has 0 amide bonds. The maximum absolute atomic E-state index is 12.3. The molecule has 0 saturated carbocycles. The van der Waals surface area contributed by atoms with Crippen LogP contribution in [0.2, 0.25) is 5.02 Å². The highest BCUT2D eigenvalue weighted by molar-refractivity contribution is 6.32. The fourth-order valence-electron chi connectivity index (χ4n) is 2.53. The summed E-state index contributed by atoms with van der Waals surface area (Å²) >= 11 is 6.18. The number of esters is 1. The lowest BCUT2D eigenvalue weighted by atomic mass is 10.1. The molecule has 0 aliphatic rings. The molecule has 5 nitrogen and oxygen atoms in total. The second kappa shape index (κ2) is 8.23. The van der Waals surface area contributed by atoms with E-state index >= 15 is 0 Å². The number of pyridine rings is 1. The lowest BCUT2D eigenvalue weighted by Crippen LogP contribution is -2.11. The van der Waals surface area contributed by atoms with Crippen molar-refractivity contribution >= 4 is 46.6 Å². The average Bonchev–Trinajstić information content (AvgIpc) is 3.09. The Morgan fingerprint density at radius 3 is 2.84 bits per heavy atom. The maximum atomic E-state index is 12.3. The third-order valence-electron chi connectivity index (χ3n) is 3.74. The van der Waals surface area contributed by atoms with Crippen molar-refractivity contribution in [2.24, 2.45) is 0 Å². The van der Waals surface area contributed by atoms with E-state index in [0.29, 0.717) is 29.4 Å². The smallest absolute Gasteiger partial charge is 0.341 e. The van der Waals surface area contributed by atoms with Gasteiger partial charge in [-0.3, -0.25) is 4.98 Å². The van der Waals surface area contributed by atoms with Crippen molar-refractivity contribution in [3.63, 3.8) is 0 Å². The van der Waals surface area contributed by atoms with Crippen LogP contribution in [0.3, 0.4) is 0 Å². The van der Waals surface area contributed by atoms with Crippen molar-refractivity contribution in [2.75, 3.05) is 11.9 Å². The predicted molar refractivity (Wildman–Crippen MR) is 101 cm³/mol. The summed E-state index contributed by atoms with van der Waals surface area (Å²) in [6.07, 6.45) is 3.13. The zero-order valence-corrected chi connectivity index (χ0v) is 15.4. The largest absolute Gasteiger partial charge is 0.467 e. The first kappa shape index (κ1) is 19.1. The normalized spacial score (nSPS) is 10.4. The van der Waals surface area contributed by atoms with Gasteiger partial charge in [0, 0.05) is 16.6 Å². The molecule has 0 bridgehead atoms. The lowest BCUT2D eigenvalue weighted by Gasteiger charge is -2.14. The van der Waals surface area contributed by atoms with Gasteiger partial charge in [-0.1, -0.05) is 11.6 Å². The molecule has 3 aromatic rings. The van der Waals surface area contributed by atoms with Crippen molar-refractivity contribution in [3.05, 3.63) is 58.6 Å². The van der Waals surface area contributed by atoms with Crippen LogP contribution in [0.25, 0.3) is 10.9 Å². The van der Waals surface area contributed by atoms with E-state index < -0.39 is 5.97 Å². The van der Waals surface area contributed by atoms with Crippen LogP contribution in [0.5, 0.6) is 0 Å². The van der Waals surface area contributed by atoms with E-state index in [4.69, 9.17) is 20.8 Å². The number of aryl methyl sites for hydroxylation is 1. The minimum Gasteiger partial charge on any atom is -0.467 e. The van der Waals surface area contributed by atoms with E-state index in [1.54, 1.807) is 19.3 Å². The number of nitrogens with one attached hydrogen (secondary N) is 1. The first-order valence-electron chi connectivity index (χ1n) is 7.63. The molecule has 0 atom stereocenters. The number of hydrogen-bond acceptors (Lipinski definition) is 5. The molecule has 0 fully saturated rings. The van der Waals surface area contributed by atoms with Crippen LogP contribution in [-0.4, -0.2) is 17.6 Å². The zero-order chi connectivity index (χ0) is 17.1.